The number of ether oxygens (including phenoxy) is 1. The molecule has 1 aliphatic heterocycles. The van der Waals surface area contributed by atoms with Crippen molar-refractivity contribution >= 4 is 17.0 Å². The molecule has 9 heteroatoms. The number of aromatic nitrogens is 4. The lowest BCUT2D eigenvalue weighted by Crippen LogP contribution is -2.40. The average Bonchev–Trinajstić information content (AvgIpc) is 2.96. The van der Waals surface area contributed by atoms with Crippen LogP contribution in [0.2, 0.25) is 0 Å². The molecular weight excluding hydrogens is 269 g/mol. The highest BCUT2D eigenvalue weighted by atomic mass is 19.1. The zero-order valence-electron chi connectivity index (χ0n) is 10.6. The quantitative estimate of drug-likeness (QED) is 0.658. The van der Waals surface area contributed by atoms with E-state index in [2.05, 4.69) is 15.0 Å². The Labute approximate surface area is 113 Å². The van der Waals surface area contributed by atoms with E-state index in [4.69, 9.17) is 15.6 Å². The normalized spacial score (nSPS) is 33.9. The summed E-state index contributed by atoms with van der Waals surface area (Å²) in [6.07, 6.45) is -1.61. The number of fused-ring (bicyclic) bond motifs is 1. The molecule has 1 aliphatic rings. The SMILES string of the molecule is C[C@@]1(n2cnc3c(N)ncnc32)O[C@H](CO)C(O)C1F. The van der Waals surface area contributed by atoms with Crippen LogP contribution in [-0.2, 0) is 10.5 Å². The molecule has 1 saturated heterocycles. The van der Waals surface area contributed by atoms with Crippen LogP contribution in [0.4, 0.5) is 10.2 Å². The highest BCUT2D eigenvalue weighted by molar-refractivity contribution is 5.81. The highest BCUT2D eigenvalue weighted by Gasteiger charge is 2.54. The van der Waals surface area contributed by atoms with Gasteiger partial charge in [0.1, 0.15) is 24.1 Å². The first-order chi connectivity index (χ1) is 9.49. The number of nitrogens with zero attached hydrogens (tertiary/aromatic N) is 4. The van der Waals surface area contributed by atoms with Gasteiger partial charge >= 0.3 is 0 Å². The monoisotopic (exact) mass is 283 g/mol. The molecule has 20 heavy (non-hydrogen) atoms. The molecule has 2 aromatic heterocycles. The summed E-state index contributed by atoms with van der Waals surface area (Å²) >= 11 is 0. The number of hydrogen-bond acceptors (Lipinski definition) is 7. The van der Waals surface area contributed by atoms with E-state index in [0.29, 0.717) is 11.2 Å². The predicted molar refractivity (Wildman–Crippen MR) is 66.2 cm³/mol. The Morgan fingerprint density at radius 1 is 1.50 bits per heavy atom. The molecule has 0 bridgehead atoms. The van der Waals surface area contributed by atoms with E-state index in [-0.39, 0.29) is 5.82 Å². The van der Waals surface area contributed by atoms with Crippen molar-refractivity contribution in [2.24, 2.45) is 0 Å². The smallest absolute Gasteiger partial charge is 0.179 e. The van der Waals surface area contributed by atoms with Gasteiger partial charge in [0.15, 0.2) is 23.4 Å². The minimum Gasteiger partial charge on any atom is -0.394 e. The van der Waals surface area contributed by atoms with Crippen molar-refractivity contribution in [2.75, 3.05) is 12.3 Å². The Balaban J connectivity index is 2.13. The molecule has 1 fully saturated rings. The largest absolute Gasteiger partial charge is 0.394 e. The molecule has 0 aromatic carbocycles. The number of nitrogens with two attached hydrogens (primary N) is 1. The maximum atomic E-state index is 14.4. The Morgan fingerprint density at radius 3 is 2.90 bits per heavy atom. The summed E-state index contributed by atoms with van der Waals surface area (Å²) < 4.78 is 21.2. The van der Waals surface area contributed by atoms with Gasteiger partial charge in [-0.2, -0.15) is 0 Å². The molecule has 0 spiro atoms. The maximum Gasteiger partial charge on any atom is 0.179 e. The van der Waals surface area contributed by atoms with Crippen molar-refractivity contribution in [2.45, 2.75) is 31.0 Å². The van der Waals surface area contributed by atoms with Gasteiger partial charge in [-0.3, -0.25) is 4.57 Å². The molecular formula is C11H14FN5O3. The molecule has 0 amide bonds. The van der Waals surface area contributed by atoms with E-state index in [1.807, 2.05) is 0 Å². The maximum absolute atomic E-state index is 14.4. The van der Waals surface area contributed by atoms with Crippen LogP contribution < -0.4 is 5.73 Å². The van der Waals surface area contributed by atoms with Crippen LogP contribution in [0.5, 0.6) is 0 Å². The summed E-state index contributed by atoms with van der Waals surface area (Å²) in [4.78, 5) is 11.9. The van der Waals surface area contributed by atoms with Gasteiger partial charge in [-0.1, -0.05) is 0 Å². The second-order valence-electron chi connectivity index (χ2n) is 4.83. The third-order valence-electron chi connectivity index (χ3n) is 3.60. The molecule has 2 aromatic rings. The molecule has 0 aliphatic carbocycles. The van der Waals surface area contributed by atoms with Crippen molar-refractivity contribution in [3.05, 3.63) is 12.7 Å². The summed E-state index contributed by atoms with van der Waals surface area (Å²) in [6, 6.07) is 0. The third kappa shape index (κ3) is 1.60. The van der Waals surface area contributed by atoms with E-state index < -0.39 is 30.7 Å². The number of aliphatic hydroxyl groups is 2. The van der Waals surface area contributed by atoms with Gasteiger partial charge < -0.3 is 20.7 Å². The predicted octanol–water partition coefficient (Wildman–Crippen LogP) is -0.829. The summed E-state index contributed by atoms with van der Waals surface area (Å²) in [7, 11) is 0. The first-order valence-corrected chi connectivity index (χ1v) is 6.04. The molecule has 3 rings (SSSR count). The van der Waals surface area contributed by atoms with E-state index in [1.54, 1.807) is 0 Å². The van der Waals surface area contributed by atoms with Gasteiger partial charge in [-0.25, -0.2) is 19.3 Å². The minimum absolute atomic E-state index is 0.171. The van der Waals surface area contributed by atoms with Crippen LogP contribution in [0.15, 0.2) is 12.7 Å². The number of imidazole rings is 1. The lowest BCUT2D eigenvalue weighted by atomic mass is 10.1. The van der Waals surface area contributed by atoms with Crippen molar-refractivity contribution in [3.8, 4) is 0 Å². The second-order valence-corrected chi connectivity index (χ2v) is 4.83. The van der Waals surface area contributed by atoms with Crippen LogP contribution in [0.3, 0.4) is 0 Å². The van der Waals surface area contributed by atoms with E-state index in [9.17, 15) is 9.50 Å². The zero-order chi connectivity index (χ0) is 14.5. The molecule has 4 N–H and O–H groups in total. The van der Waals surface area contributed by atoms with Crippen molar-refractivity contribution < 1.29 is 19.3 Å². The number of halogens is 1. The first kappa shape index (κ1) is 13.2. The van der Waals surface area contributed by atoms with Crippen molar-refractivity contribution in [3.63, 3.8) is 0 Å². The lowest BCUT2D eigenvalue weighted by molar-refractivity contribution is -0.118. The highest BCUT2D eigenvalue weighted by Crippen LogP contribution is 2.39. The fourth-order valence-electron chi connectivity index (χ4n) is 2.46. The van der Waals surface area contributed by atoms with Gasteiger partial charge in [0.2, 0.25) is 0 Å². The number of aliphatic hydroxyl groups excluding tert-OH is 2. The number of hydrogen-bond donors (Lipinski definition) is 3. The average molecular weight is 283 g/mol. The Kier molecular flexibility index (Phi) is 2.85. The molecule has 4 atom stereocenters. The van der Waals surface area contributed by atoms with Gasteiger partial charge in [-0.05, 0) is 6.92 Å². The van der Waals surface area contributed by atoms with Gasteiger partial charge in [0, 0.05) is 0 Å². The van der Waals surface area contributed by atoms with Crippen molar-refractivity contribution in [1.82, 2.24) is 19.5 Å². The first-order valence-electron chi connectivity index (χ1n) is 6.04. The summed E-state index contributed by atoms with van der Waals surface area (Å²) in [6.45, 7) is 0.969. The van der Waals surface area contributed by atoms with Gasteiger partial charge in [-0.15, -0.1) is 0 Å². The number of alkyl halides is 1. The molecule has 2 unspecified atom stereocenters. The van der Waals surface area contributed by atoms with Crippen LogP contribution in [0, 0.1) is 0 Å². The number of rotatable bonds is 2. The molecule has 0 radical (unpaired) electrons. The zero-order valence-corrected chi connectivity index (χ0v) is 10.6. The molecule has 8 nitrogen and oxygen atoms in total. The molecule has 0 saturated carbocycles. The second kappa shape index (κ2) is 4.33. The number of anilines is 1. The summed E-state index contributed by atoms with van der Waals surface area (Å²) in [5, 5.41) is 18.9. The van der Waals surface area contributed by atoms with Crippen LogP contribution in [0.1, 0.15) is 6.92 Å². The van der Waals surface area contributed by atoms with Crippen LogP contribution in [-0.4, -0.2) is 54.7 Å². The lowest BCUT2D eigenvalue weighted by Gasteiger charge is -2.28. The molecule has 3 heterocycles. The Bertz CT molecular complexity index is 650. The topological polar surface area (TPSA) is 119 Å². The van der Waals surface area contributed by atoms with Crippen molar-refractivity contribution in [1.29, 1.82) is 0 Å². The minimum atomic E-state index is -1.74. The fourth-order valence-corrected chi connectivity index (χ4v) is 2.46. The Hall–Kier alpha value is -1.84. The molecule has 108 valence electrons. The number of nitrogen functional groups attached to an aromatic ring is 1. The van der Waals surface area contributed by atoms with Crippen LogP contribution in [0.25, 0.3) is 11.2 Å². The summed E-state index contributed by atoms with van der Waals surface area (Å²) in [5.74, 6) is 0.171. The van der Waals surface area contributed by atoms with Crippen LogP contribution >= 0.6 is 0 Å². The van der Waals surface area contributed by atoms with E-state index >= 15 is 0 Å². The van der Waals surface area contributed by atoms with E-state index in [1.165, 1.54) is 24.1 Å². The standard InChI is InChI=1S/C11H14FN5O3/c1-11(8(12)7(19)5(2-18)20-11)17-4-16-6-9(13)14-3-15-10(6)17/h3-5,7-8,18-19H,2H2,1H3,(H2,13,14,15)/t5-,7?,8?,11-/m1/s1. The fraction of sp³-hybridized carbons (Fsp3) is 0.545. The third-order valence-corrected chi connectivity index (χ3v) is 3.60. The van der Waals surface area contributed by atoms with Gasteiger partial charge in [0.05, 0.1) is 12.9 Å². The summed E-state index contributed by atoms with van der Waals surface area (Å²) in [5.41, 5.74) is 4.78. The van der Waals surface area contributed by atoms with E-state index in [0.717, 1.165) is 0 Å². The van der Waals surface area contributed by atoms with Gasteiger partial charge in [0.25, 0.3) is 0 Å². The Morgan fingerprint density at radius 2 is 2.25 bits per heavy atom.